The largest absolute Gasteiger partial charge is 0.348 e. The summed E-state index contributed by atoms with van der Waals surface area (Å²) in [6.07, 6.45) is 1.04. The zero-order chi connectivity index (χ0) is 16.9. The molecule has 0 radical (unpaired) electrons. The minimum atomic E-state index is -0.204. The molecule has 1 aromatic carbocycles. The summed E-state index contributed by atoms with van der Waals surface area (Å²) in [4.78, 5) is 24.9. The maximum atomic E-state index is 12.7. The molecule has 5 nitrogen and oxygen atoms in total. The van der Waals surface area contributed by atoms with Crippen LogP contribution in [0.3, 0.4) is 0 Å². The molecule has 134 valence electrons. The molecule has 25 heavy (non-hydrogen) atoms. The Morgan fingerprint density at radius 1 is 1.20 bits per heavy atom. The van der Waals surface area contributed by atoms with Gasteiger partial charge in [0.1, 0.15) is 0 Å². The summed E-state index contributed by atoms with van der Waals surface area (Å²) in [7, 11) is 0. The van der Waals surface area contributed by atoms with E-state index in [1.165, 1.54) is 11.3 Å². The van der Waals surface area contributed by atoms with Crippen molar-refractivity contribution in [3.8, 4) is 0 Å². The van der Waals surface area contributed by atoms with Gasteiger partial charge < -0.3 is 16.0 Å². The van der Waals surface area contributed by atoms with Crippen molar-refractivity contribution in [2.75, 3.05) is 18.4 Å². The molecule has 2 amide bonds. The first-order valence-electron chi connectivity index (χ1n) is 8.09. The molecule has 0 spiro atoms. The van der Waals surface area contributed by atoms with Crippen molar-refractivity contribution in [2.45, 2.75) is 19.4 Å². The average Bonchev–Trinajstić information content (AvgIpc) is 3.12. The van der Waals surface area contributed by atoms with Gasteiger partial charge in [0.15, 0.2) is 0 Å². The number of anilines is 1. The van der Waals surface area contributed by atoms with Crippen LogP contribution in [0.5, 0.6) is 0 Å². The highest BCUT2D eigenvalue weighted by Crippen LogP contribution is 2.19. The Labute approximate surface area is 157 Å². The van der Waals surface area contributed by atoms with Crippen LogP contribution in [0.1, 0.15) is 34.1 Å². The second-order valence-electron chi connectivity index (χ2n) is 6.06. The summed E-state index contributed by atoms with van der Waals surface area (Å²) >= 11 is 1.47. The van der Waals surface area contributed by atoms with Crippen LogP contribution in [0.15, 0.2) is 41.1 Å². The number of thiophene rings is 1. The number of piperidine rings is 1. The van der Waals surface area contributed by atoms with Gasteiger partial charge in [0.2, 0.25) is 0 Å². The van der Waals surface area contributed by atoms with E-state index < -0.39 is 0 Å². The van der Waals surface area contributed by atoms with E-state index in [0.29, 0.717) is 22.7 Å². The van der Waals surface area contributed by atoms with E-state index >= 15 is 0 Å². The summed E-state index contributed by atoms with van der Waals surface area (Å²) < 4.78 is 0. The Hall–Kier alpha value is -1.89. The van der Waals surface area contributed by atoms with Gasteiger partial charge in [0.25, 0.3) is 11.8 Å². The third-order valence-corrected chi connectivity index (χ3v) is 5.03. The number of amides is 2. The molecule has 0 aliphatic carbocycles. The van der Waals surface area contributed by atoms with Crippen molar-refractivity contribution in [2.24, 2.45) is 5.92 Å². The number of rotatable bonds is 4. The van der Waals surface area contributed by atoms with E-state index in [4.69, 9.17) is 0 Å². The Morgan fingerprint density at radius 3 is 2.72 bits per heavy atom. The molecule has 3 N–H and O–H groups in total. The van der Waals surface area contributed by atoms with Crippen LogP contribution in [0.25, 0.3) is 0 Å². The minimum Gasteiger partial charge on any atom is -0.348 e. The standard InChI is InChI=1S/C18H21N3O2S.ClH/c1-12-6-8-19-10-16(12)21-18(23)14-4-2-3-5-15(14)20-17(22)13-7-9-24-11-13;/h2-5,7,9,11-12,16,19H,6,8,10H2,1H3,(H,20,22)(H,21,23);1H. The Morgan fingerprint density at radius 2 is 2.00 bits per heavy atom. The number of benzene rings is 1. The van der Waals surface area contributed by atoms with E-state index in [2.05, 4.69) is 22.9 Å². The monoisotopic (exact) mass is 379 g/mol. The van der Waals surface area contributed by atoms with E-state index in [-0.39, 0.29) is 30.3 Å². The van der Waals surface area contributed by atoms with Gasteiger partial charge in [0, 0.05) is 18.0 Å². The lowest BCUT2D eigenvalue weighted by Gasteiger charge is -2.30. The molecule has 1 saturated heterocycles. The first-order valence-corrected chi connectivity index (χ1v) is 9.03. The van der Waals surface area contributed by atoms with Gasteiger partial charge in [-0.2, -0.15) is 11.3 Å². The average molecular weight is 380 g/mol. The number of carbonyl (C=O) groups is 2. The highest BCUT2D eigenvalue weighted by molar-refractivity contribution is 7.08. The first-order chi connectivity index (χ1) is 11.6. The van der Waals surface area contributed by atoms with E-state index in [1.54, 1.807) is 29.6 Å². The second kappa shape index (κ2) is 8.99. The quantitative estimate of drug-likeness (QED) is 0.764. The molecule has 2 heterocycles. The maximum absolute atomic E-state index is 12.7. The van der Waals surface area contributed by atoms with E-state index in [0.717, 1.165) is 19.5 Å². The van der Waals surface area contributed by atoms with Gasteiger partial charge in [-0.25, -0.2) is 0 Å². The number of nitrogens with one attached hydrogen (secondary N) is 3. The van der Waals surface area contributed by atoms with E-state index in [9.17, 15) is 9.59 Å². The van der Waals surface area contributed by atoms with Gasteiger partial charge in [-0.1, -0.05) is 19.1 Å². The molecule has 2 aromatic rings. The molecule has 2 unspecified atom stereocenters. The zero-order valence-corrected chi connectivity index (χ0v) is 15.6. The van der Waals surface area contributed by atoms with Gasteiger partial charge in [0.05, 0.1) is 16.8 Å². The number of carbonyl (C=O) groups excluding carboxylic acids is 2. The molecule has 7 heteroatoms. The lowest BCUT2D eigenvalue weighted by molar-refractivity contribution is 0.0916. The molecule has 1 aromatic heterocycles. The summed E-state index contributed by atoms with van der Waals surface area (Å²) in [5.74, 6) is 0.0729. The fraction of sp³-hybridized carbons (Fsp3) is 0.333. The highest BCUT2D eigenvalue weighted by atomic mass is 35.5. The van der Waals surface area contributed by atoms with Gasteiger partial charge in [-0.3, -0.25) is 9.59 Å². The zero-order valence-electron chi connectivity index (χ0n) is 14.0. The van der Waals surface area contributed by atoms with Crippen molar-refractivity contribution < 1.29 is 9.59 Å². The van der Waals surface area contributed by atoms with Crippen molar-refractivity contribution in [1.82, 2.24) is 10.6 Å². The molecule has 1 aliphatic heterocycles. The van der Waals surface area contributed by atoms with Crippen LogP contribution in [-0.4, -0.2) is 30.9 Å². The van der Waals surface area contributed by atoms with Crippen molar-refractivity contribution in [1.29, 1.82) is 0 Å². The number of hydrogen-bond donors (Lipinski definition) is 3. The molecule has 0 bridgehead atoms. The van der Waals surface area contributed by atoms with Gasteiger partial charge in [-0.05, 0) is 42.5 Å². The fourth-order valence-corrected chi connectivity index (χ4v) is 3.44. The van der Waals surface area contributed by atoms with Crippen molar-refractivity contribution >= 4 is 41.2 Å². The Kier molecular flexibility index (Phi) is 6.99. The van der Waals surface area contributed by atoms with Crippen molar-refractivity contribution in [3.05, 3.63) is 52.2 Å². The third-order valence-electron chi connectivity index (χ3n) is 4.35. The summed E-state index contributed by atoms with van der Waals surface area (Å²) in [6.45, 7) is 3.91. The molecule has 1 aliphatic rings. The Balaban J connectivity index is 0.00000225. The smallest absolute Gasteiger partial charge is 0.256 e. The normalized spacial score (nSPS) is 19.6. The third kappa shape index (κ3) is 4.81. The van der Waals surface area contributed by atoms with Gasteiger partial charge >= 0.3 is 0 Å². The van der Waals surface area contributed by atoms with E-state index in [1.807, 2.05) is 11.4 Å². The van der Waals surface area contributed by atoms with Crippen LogP contribution in [0, 0.1) is 5.92 Å². The number of hydrogen-bond acceptors (Lipinski definition) is 4. The van der Waals surface area contributed by atoms with Crippen LogP contribution < -0.4 is 16.0 Å². The minimum absolute atomic E-state index is 0. The van der Waals surface area contributed by atoms with Crippen molar-refractivity contribution in [3.63, 3.8) is 0 Å². The molecular formula is C18H22ClN3O2S. The van der Waals surface area contributed by atoms with Crippen LogP contribution in [0.4, 0.5) is 5.69 Å². The lowest BCUT2D eigenvalue weighted by Crippen LogP contribution is -2.50. The molecule has 3 rings (SSSR count). The molecule has 2 atom stereocenters. The number of halogens is 1. The summed E-state index contributed by atoms with van der Waals surface area (Å²) in [5, 5.41) is 12.9. The van der Waals surface area contributed by atoms with Gasteiger partial charge in [-0.15, -0.1) is 12.4 Å². The predicted molar refractivity (Wildman–Crippen MR) is 104 cm³/mol. The molecule has 1 fully saturated rings. The lowest BCUT2D eigenvalue weighted by atomic mass is 9.94. The van der Waals surface area contributed by atoms with Crippen LogP contribution in [-0.2, 0) is 0 Å². The fourth-order valence-electron chi connectivity index (χ4n) is 2.81. The summed E-state index contributed by atoms with van der Waals surface area (Å²) in [5.41, 5.74) is 1.61. The molecular weight excluding hydrogens is 358 g/mol. The summed E-state index contributed by atoms with van der Waals surface area (Å²) in [6, 6.07) is 8.97. The topological polar surface area (TPSA) is 70.2 Å². The molecule has 0 saturated carbocycles. The van der Waals surface area contributed by atoms with Crippen LogP contribution >= 0.6 is 23.7 Å². The number of para-hydroxylation sites is 1. The van der Waals surface area contributed by atoms with Crippen LogP contribution in [0.2, 0.25) is 0 Å². The SMILES string of the molecule is CC1CCNCC1NC(=O)c1ccccc1NC(=O)c1ccsc1.Cl. The highest BCUT2D eigenvalue weighted by Gasteiger charge is 2.24. The second-order valence-corrected chi connectivity index (χ2v) is 6.84. The maximum Gasteiger partial charge on any atom is 0.256 e. The predicted octanol–water partition coefficient (Wildman–Crippen LogP) is 3.15. The first kappa shape index (κ1) is 19.4. The Bertz CT molecular complexity index is 721.